The van der Waals surface area contributed by atoms with Gasteiger partial charge in [-0.25, -0.2) is 8.78 Å². The summed E-state index contributed by atoms with van der Waals surface area (Å²) >= 11 is 3.04. The van der Waals surface area contributed by atoms with Gasteiger partial charge >= 0.3 is 0 Å². The van der Waals surface area contributed by atoms with Crippen LogP contribution in [0.5, 0.6) is 0 Å². The summed E-state index contributed by atoms with van der Waals surface area (Å²) in [5, 5.41) is 3.17. The predicted octanol–water partition coefficient (Wildman–Crippen LogP) is 2.01. The molecule has 1 heterocycles. The van der Waals surface area contributed by atoms with Gasteiger partial charge in [0, 0.05) is 38.3 Å². The molecule has 1 N–H and O–H groups in total. The first-order chi connectivity index (χ1) is 9.99. The molecule has 22 heavy (non-hydrogen) atoms. The van der Waals surface area contributed by atoms with Crippen LogP contribution < -0.4 is 5.32 Å². The molecule has 0 bridgehead atoms. The third-order valence-corrected chi connectivity index (χ3v) is 4.05. The molecule has 1 aromatic rings. The Hall–Kier alpha value is -0.760. The Morgan fingerprint density at radius 2 is 2.00 bits per heavy atom. The van der Waals surface area contributed by atoms with Crippen molar-refractivity contribution in [3.05, 3.63) is 33.8 Å². The highest BCUT2D eigenvalue weighted by Gasteiger charge is 2.20. The average molecular weight is 399 g/mol. The Morgan fingerprint density at radius 3 is 2.64 bits per heavy atom. The number of hydrogen-bond acceptors (Lipinski definition) is 3. The van der Waals surface area contributed by atoms with Gasteiger partial charge in [-0.15, -0.1) is 12.4 Å². The molecule has 8 heteroatoms. The first-order valence-electron chi connectivity index (χ1n) is 6.78. The van der Waals surface area contributed by atoms with Crippen LogP contribution in [-0.2, 0) is 11.3 Å². The van der Waals surface area contributed by atoms with Crippen molar-refractivity contribution in [2.24, 2.45) is 0 Å². The minimum Gasteiger partial charge on any atom is -0.339 e. The number of hydrogen-bond donors (Lipinski definition) is 1. The van der Waals surface area contributed by atoms with Gasteiger partial charge in [-0.05, 0) is 35.1 Å². The molecule has 0 radical (unpaired) electrons. The van der Waals surface area contributed by atoms with Crippen LogP contribution in [0.25, 0.3) is 0 Å². The zero-order chi connectivity index (χ0) is 15.4. The van der Waals surface area contributed by atoms with Crippen LogP contribution in [0.15, 0.2) is 16.6 Å². The molecular weight excluding hydrogens is 380 g/mol. The van der Waals surface area contributed by atoms with Crippen molar-refractivity contribution in [3.8, 4) is 0 Å². The molecular formula is C14H19BrClF2N3O. The molecule has 1 fully saturated rings. The highest BCUT2D eigenvalue weighted by molar-refractivity contribution is 9.10. The number of halogens is 4. The van der Waals surface area contributed by atoms with E-state index in [1.165, 1.54) is 12.1 Å². The topological polar surface area (TPSA) is 35.6 Å². The SMILES string of the molecule is CN(CC(=O)N1CCNCC1)Cc1c(F)ccc(Br)c1F.Cl. The van der Waals surface area contributed by atoms with Crippen LogP contribution in [-0.4, -0.2) is 55.5 Å². The smallest absolute Gasteiger partial charge is 0.236 e. The second-order valence-corrected chi connectivity index (χ2v) is 5.98. The zero-order valence-corrected chi connectivity index (χ0v) is 14.6. The maximum atomic E-state index is 13.9. The van der Waals surface area contributed by atoms with Crippen molar-refractivity contribution in [2.45, 2.75) is 6.54 Å². The number of likely N-dealkylation sites (N-methyl/N-ethyl adjacent to an activating group) is 1. The van der Waals surface area contributed by atoms with Crippen molar-refractivity contribution in [2.75, 3.05) is 39.8 Å². The molecule has 0 aliphatic carbocycles. The third kappa shape index (κ3) is 4.87. The van der Waals surface area contributed by atoms with Crippen LogP contribution in [0, 0.1) is 11.6 Å². The second-order valence-electron chi connectivity index (χ2n) is 5.12. The fraction of sp³-hybridized carbons (Fsp3) is 0.500. The lowest BCUT2D eigenvalue weighted by Gasteiger charge is -2.29. The van der Waals surface area contributed by atoms with E-state index in [4.69, 9.17) is 0 Å². The van der Waals surface area contributed by atoms with Crippen molar-refractivity contribution >= 4 is 34.2 Å². The summed E-state index contributed by atoms with van der Waals surface area (Å²) in [5.41, 5.74) is -0.0278. The first kappa shape index (κ1) is 19.3. The zero-order valence-electron chi connectivity index (χ0n) is 12.2. The summed E-state index contributed by atoms with van der Waals surface area (Å²) in [4.78, 5) is 15.5. The molecule has 1 aliphatic rings. The third-order valence-electron chi connectivity index (χ3n) is 3.44. The van der Waals surface area contributed by atoms with Crippen LogP contribution in [0.4, 0.5) is 8.78 Å². The van der Waals surface area contributed by atoms with E-state index < -0.39 is 11.6 Å². The van der Waals surface area contributed by atoms with Gasteiger partial charge in [-0.3, -0.25) is 9.69 Å². The van der Waals surface area contributed by atoms with Crippen molar-refractivity contribution < 1.29 is 13.6 Å². The lowest BCUT2D eigenvalue weighted by atomic mass is 10.2. The van der Waals surface area contributed by atoms with Gasteiger partial charge < -0.3 is 10.2 Å². The Bertz CT molecular complexity index is 527. The largest absolute Gasteiger partial charge is 0.339 e. The fourth-order valence-electron chi connectivity index (χ4n) is 2.28. The number of piperazine rings is 1. The monoisotopic (exact) mass is 397 g/mol. The Morgan fingerprint density at radius 1 is 1.36 bits per heavy atom. The van der Waals surface area contributed by atoms with E-state index in [2.05, 4.69) is 21.2 Å². The van der Waals surface area contributed by atoms with Gasteiger partial charge in [0.15, 0.2) is 0 Å². The van der Waals surface area contributed by atoms with Crippen molar-refractivity contribution in [1.82, 2.24) is 15.1 Å². The summed E-state index contributed by atoms with van der Waals surface area (Å²) in [6.07, 6.45) is 0. The van der Waals surface area contributed by atoms with E-state index in [9.17, 15) is 13.6 Å². The number of carbonyl (C=O) groups excluding carboxylic acids is 1. The van der Waals surface area contributed by atoms with Gasteiger partial charge in [0.05, 0.1) is 11.0 Å². The second kappa shape index (κ2) is 8.76. The van der Waals surface area contributed by atoms with Gasteiger partial charge in [0.1, 0.15) is 11.6 Å². The van der Waals surface area contributed by atoms with Crippen LogP contribution in [0.1, 0.15) is 5.56 Å². The van der Waals surface area contributed by atoms with E-state index in [1.54, 1.807) is 16.8 Å². The van der Waals surface area contributed by atoms with E-state index in [-0.39, 0.29) is 41.4 Å². The van der Waals surface area contributed by atoms with E-state index in [1.807, 2.05) is 0 Å². The Balaban J connectivity index is 0.00000242. The predicted molar refractivity (Wildman–Crippen MR) is 87.1 cm³/mol. The van der Waals surface area contributed by atoms with Crippen LogP contribution in [0.2, 0.25) is 0 Å². The van der Waals surface area contributed by atoms with Gasteiger partial charge in [-0.2, -0.15) is 0 Å². The lowest BCUT2D eigenvalue weighted by Crippen LogP contribution is -2.49. The normalized spacial score (nSPS) is 14.9. The quantitative estimate of drug-likeness (QED) is 0.788. The van der Waals surface area contributed by atoms with Gasteiger partial charge in [0.2, 0.25) is 5.91 Å². The highest BCUT2D eigenvalue weighted by Crippen LogP contribution is 2.22. The van der Waals surface area contributed by atoms with Crippen LogP contribution >= 0.6 is 28.3 Å². The number of benzene rings is 1. The lowest BCUT2D eigenvalue weighted by molar-refractivity contribution is -0.132. The molecule has 2 rings (SSSR count). The average Bonchev–Trinajstić information content (AvgIpc) is 2.48. The first-order valence-corrected chi connectivity index (χ1v) is 7.57. The maximum absolute atomic E-state index is 13.9. The van der Waals surface area contributed by atoms with Gasteiger partial charge in [-0.1, -0.05) is 0 Å². The molecule has 0 unspecified atom stereocenters. The molecule has 0 spiro atoms. The number of rotatable bonds is 4. The summed E-state index contributed by atoms with van der Waals surface area (Å²) in [6, 6.07) is 2.55. The van der Waals surface area contributed by atoms with Crippen molar-refractivity contribution in [1.29, 1.82) is 0 Å². The van der Waals surface area contributed by atoms with Gasteiger partial charge in [0.25, 0.3) is 0 Å². The molecule has 1 aromatic carbocycles. The minimum absolute atomic E-state index is 0. The van der Waals surface area contributed by atoms with E-state index >= 15 is 0 Å². The highest BCUT2D eigenvalue weighted by atomic mass is 79.9. The van der Waals surface area contributed by atoms with Crippen LogP contribution in [0.3, 0.4) is 0 Å². The number of amides is 1. The molecule has 4 nitrogen and oxygen atoms in total. The Labute approximate surface area is 143 Å². The Kier molecular flexibility index (Phi) is 7.68. The molecule has 0 saturated carbocycles. The summed E-state index contributed by atoms with van der Waals surface area (Å²) in [5.74, 6) is -1.23. The molecule has 0 atom stereocenters. The number of nitrogens with one attached hydrogen (secondary N) is 1. The molecule has 1 saturated heterocycles. The molecule has 124 valence electrons. The molecule has 1 aliphatic heterocycles. The fourth-order valence-corrected chi connectivity index (χ4v) is 2.66. The number of nitrogens with zero attached hydrogens (tertiary/aromatic N) is 2. The number of carbonyl (C=O) groups is 1. The summed E-state index contributed by atoms with van der Waals surface area (Å²) in [7, 11) is 1.68. The van der Waals surface area contributed by atoms with Crippen molar-refractivity contribution in [3.63, 3.8) is 0 Å². The van der Waals surface area contributed by atoms with E-state index in [0.29, 0.717) is 13.1 Å². The minimum atomic E-state index is -0.614. The summed E-state index contributed by atoms with van der Waals surface area (Å²) < 4.78 is 27.8. The summed E-state index contributed by atoms with van der Waals surface area (Å²) in [6.45, 7) is 3.10. The standard InChI is InChI=1S/C14H18BrF2N3O.ClH/c1-19(9-13(21)20-6-4-18-5-7-20)8-10-12(16)3-2-11(15)14(10)17;/h2-3,18H,4-9H2,1H3;1H. The van der Waals surface area contributed by atoms with E-state index in [0.717, 1.165) is 13.1 Å². The molecule has 0 aromatic heterocycles. The molecule has 1 amide bonds. The maximum Gasteiger partial charge on any atom is 0.236 e.